The molecule has 1 unspecified atom stereocenters. The van der Waals surface area contributed by atoms with Crippen molar-refractivity contribution in [2.24, 2.45) is 0 Å². The number of ether oxygens (including phenoxy) is 1. The molecule has 0 aliphatic heterocycles. The van der Waals surface area contributed by atoms with E-state index in [1.165, 1.54) is 7.11 Å². The van der Waals surface area contributed by atoms with Gasteiger partial charge in [-0.05, 0) is 30.9 Å². The van der Waals surface area contributed by atoms with Crippen molar-refractivity contribution in [3.8, 4) is 0 Å². The van der Waals surface area contributed by atoms with Gasteiger partial charge in [-0.3, -0.25) is 9.59 Å². The highest BCUT2D eigenvalue weighted by Gasteiger charge is 2.16. The van der Waals surface area contributed by atoms with Gasteiger partial charge in [-0.2, -0.15) is 0 Å². The summed E-state index contributed by atoms with van der Waals surface area (Å²) in [5.41, 5.74) is 1.63. The Hall–Kier alpha value is -1.94. The number of allylic oxidation sites excluding steroid dienone is 1. The van der Waals surface area contributed by atoms with Gasteiger partial charge < -0.3 is 9.84 Å². The lowest BCUT2D eigenvalue weighted by atomic mass is 10.00. The van der Waals surface area contributed by atoms with E-state index in [0.29, 0.717) is 24.8 Å². The van der Waals surface area contributed by atoms with E-state index in [0.717, 1.165) is 5.56 Å². The zero-order chi connectivity index (χ0) is 15.7. The predicted octanol–water partition coefficient (Wildman–Crippen LogP) is 3.06. The Bertz CT molecular complexity index is 488. The van der Waals surface area contributed by atoms with Gasteiger partial charge >= 0.3 is 5.97 Å². The third-order valence-corrected chi connectivity index (χ3v) is 3.20. The minimum atomic E-state index is -1.09. The van der Waals surface area contributed by atoms with Gasteiger partial charge in [0.25, 0.3) is 0 Å². The molecular formula is C17H22O4. The molecule has 0 heterocycles. The van der Waals surface area contributed by atoms with Crippen molar-refractivity contribution in [1.29, 1.82) is 0 Å². The molecule has 21 heavy (non-hydrogen) atoms. The monoisotopic (exact) mass is 290 g/mol. The molecule has 0 amide bonds. The maximum absolute atomic E-state index is 11.9. The van der Waals surface area contributed by atoms with Crippen LogP contribution in [0, 0.1) is 0 Å². The van der Waals surface area contributed by atoms with Crippen LogP contribution in [0.1, 0.15) is 49.8 Å². The van der Waals surface area contributed by atoms with Crippen LogP contribution in [0.15, 0.2) is 30.3 Å². The Labute approximate surface area is 125 Å². The zero-order valence-corrected chi connectivity index (χ0v) is 12.5. The van der Waals surface area contributed by atoms with E-state index in [9.17, 15) is 14.7 Å². The van der Waals surface area contributed by atoms with Crippen LogP contribution < -0.4 is 0 Å². The molecule has 0 aliphatic rings. The van der Waals surface area contributed by atoms with Crippen LogP contribution in [0.2, 0.25) is 0 Å². The van der Waals surface area contributed by atoms with Crippen LogP contribution in [-0.4, -0.2) is 24.0 Å². The summed E-state index contributed by atoms with van der Waals surface area (Å²) >= 11 is 0. The van der Waals surface area contributed by atoms with Crippen LogP contribution >= 0.6 is 0 Å². The normalized spacial score (nSPS) is 12.3. The highest BCUT2D eigenvalue weighted by molar-refractivity contribution is 5.84. The molecule has 114 valence electrons. The molecule has 4 heteroatoms. The van der Waals surface area contributed by atoms with E-state index in [1.807, 2.05) is 31.2 Å². The topological polar surface area (TPSA) is 63.6 Å². The SMILES string of the molecule is C/C=C/c1ccc(C(O)C(=O)CCCCC(=O)OC)cc1. The molecule has 0 saturated carbocycles. The van der Waals surface area contributed by atoms with Crippen LogP contribution in [-0.2, 0) is 14.3 Å². The molecule has 0 aliphatic carbocycles. The highest BCUT2D eigenvalue weighted by atomic mass is 16.5. The molecule has 0 radical (unpaired) electrons. The minimum absolute atomic E-state index is 0.223. The first-order valence-corrected chi connectivity index (χ1v) is 7.08. The summed E-state index contributed by atoms with van der Waals surface area (Å²) in [6, 6.07) is 7.24. The number of esters is 1. The number of aliphatic hydroxyl groups excluding tert-OH is 1. The zero-order valence-electron chi connectivity index (χ0n) is 12.5. The fraction of sp³-hybridized carbons (Fsp3) is 0.412. The first kappa shape index (κ1) is 17.1. The van der Waals surface area contributed by atoms with E-state index in [-0.39, 0.29) is 18.2 Å². The number of ketones is 1. The van der Waals surface area contributed by atoms with Crippen LogP contribution in [0.5, 0.6) is 0 Å². The number of unbranched alkanes of at least 4 members (excludes halogenated alkanes) is 1. The van der Waals surface area contributed by atoms with Gasteiger partial charge in [0.05, 0.1) is 7.11 Å². The van der Waals surface area contributed by atoms with E-state index in [4.69, 9.17) is 0 Å². The summed E-state index contributed by atoms with van der Waals surface area (Å²) in [7, 11) is 1.34. The number of benzene rings is 1. The van der Waals surface area contributed by atoms with Crippen molar-refractivity contribution >= 4 is 17.8 Å². The Balaban J connectivity index is 2.44. The third-order valence-electron chi connectivity index (χ3n) is 3.20. The number of carbonyl (C=O) groups excluding carboxylic acids is 2. The van der Waals surface area contributed by atoms with Gasteiger partial charge in [0, 0.05) is 12.8 Å². The molecule has 0 spiro atoms. The first-order chi connectivity index (χ1) is 10.1. The maximum Gasteiger partial charge on any atom is 0.305 e. The van der Waals surface area contributed by atoms with Gasteiger partial charge in [-0.25, -0.2) is 0 Å². The molecule has 1 aromatic rings. The standard InChI is InChI=1S/C17H22O4/c1-3-6-13-9-11-14(12-10-13)17(20)15(18)7-4-5-8-16(19)21-2/h3,6,9-12,17,20H,4-5,7-8H2,1-2H3/b6-3+. The minimum Gasteiger partial charge on any atom is -0.469 e. The van der Waals surface area contributed by atoms with Crippen molar-refractivity contribution in [2.75, 3.05) is 7.11 Å². The smallest absolute Gasteiger partial charge is 0.305 e. The maximum atomic E-state index is 11.9. The summed E-state index contributed by atoms with van der Waals surface area (Å²) in [4.78, 5) is 22.8. The van der Waals surface area contributed by atoms with Crippen LogP contribution in [0.3, 0.4) is 0 Å². The molecule has 1 rings (SSSR count). The van der Waals surface area contributed by atoms with E-state index < -0.39 is 6.10 Å². The second kappa shape index (κ2) is 9.08. The summed E-state index contributed by atoms with van der Waals surface area (Å²) in [5.74, 6) is -0.499. The predicted molar refractivity (Wildman–Crippen MR) is 81.6 cm³/mol. The van der Waals surface area contributed by atoms with Crippen molar-refractivity contribution in [3.05, 3.63) is 41.5 Å². The van der Waals surface area contributed by atoms with E-state index in [2.05, 4.69) is 4.74 Å². The quantitative estimate of drug-likeness (QED) is 0.590. The molecule has 4 nitrogen and oxygen atoms in total. The van der Waals surface area contributed by atoms with Gasteiger partial charge in [0.15, 0.2) is 5.78 Å². The molecule has 0 bridgehead atoms. The molecule has 0 fully saturated rings. The van der Waals surface area contributed by atoms with Crippen molar-refractivity contribution in [3.63, 3.8) is 0 Å². The lowest BCUT2D eigenvalue weighted by molar-refractivity contribution is -0.141. The van der Waals surface area contributed by atoms with Gasteiger partial charge in [-0.1, -0.05) is 36.4 Å². The fourth-order valence-corrected chi connectivity index (χ4v) is 1.98. The Morgan fingerprint density at radius 1 is 1.19 bits per heavy atom. The average molecular weight is 290 g/mol. The van der Waals surface area contributed by atoms with Crippen LogP contribution in [0.4, 0.5) is 0 Å². The van der Waals surface area contributed by atoms with E-state index in [1.54, 1.807) is 12.1 Å². The number of aliphatic hydroxyl groups is 1. The summed E-state index contributed by atoms with van der Waals surface area (Å²) in [6.45, 7) is 1.93. The summed E-state index contributed by atoms with van der Waals surface area (Å²) in [5, 5.41) is 10.0. The Kier molecular flexibility index (Phi) is 7.40. The number of rotatable bonds is 8. The Morgan fingerprint density at radius 2 is 1.81 bits per heavy atom. The highest BCUT2D eigenvalue weighted by Crippen LogP contribution is 2.18. The average Bonchev–Trinajstić information content (AvgIpc) is 2.51. The molecular weight excluding hydrogens is 268 g/mol. The lowest BCUT2D eigenvalue weighted by Gasteiger charge is -2.10. The molecule has 0 saturated heterocycles. The van der Waals surface area contributed by atoms with Gasteiger partial charge in [0.2, 0.25) is 0 Å². The third kappa shape index (κ3) is 5.92. The molecule has 1 N–H and O–H groups in total. The van der Waals surface area contributed by atoms with Crippen molar-refractivity contribution < 1.29 is 19.4 Å². The lowest BCUT2D eigenvalue weighted by Crippen LogP contribution is -2.12. The van der Waals surface area contributed by atoms with Gasteiger partial charge in [-0.15, -0.1) is 0 Å². The molecule has 1 atom stereocenters. The fourth-order valence-electron chi connectivity index (χ4n) is 1.98. The first-order valence-electron chi connectivity index (χ1n) is 7.08. The second-order valence-corrected chi connectivity index (χ2v) is 4.82. The Morgan fingerprint density at radius 3 is 2.38 bits per heavy atom. The number of methoxy groups -OCH3 is 1. The number of hydrogen-bond acceptors (Lipinski definition) is 4. The second-order valence-electron chi connectivity index (χ2n) is 4.82. The van der Waals surface area contributed by atoms with Gasteiger partial charge in [0.1, 0.15) is 6.10 Å². The van der Waals surface area contributed by atoms with Crippen molar-refractivity contribution in [1.82, 2.24) is 0 Å². The van der Waals surface area contributed by atoms with Crippen molar-refractivity contribution in [2.45, 2.75) is 38.7 Å². The summed E-state index contributed by atoms with van der Waals surface area (Å²) in [6.07, 6.45) is 4.50. The molecule has 0 aromatic heterocycles. The number of hydrogen-bond donors (Lipinski definition) is 1. The number of Topliss-reactive ketones (excluding diaryl/α,β-unsaturated/α-hetero) is 1. The molecule has 1 aromatic carbocycles. The van der Waals surface area contributed by atoms with Crippen LogP contribution in [0.25, 0.3) is 6.08 Å². The summed E-state index contributed by atoms with van der Waals surface area (Å²) < 4.78 is 4.53. The largest absolute Gasteiger partial charge is 0.469 e. The van der Waals surface area contributed by atoms with E-state index >= 15 is 0 Å². The number of carbonyl (C=O) groups is 2.